The summed E-state index contributed by atoms with van der Waals surface area (Å²) in [6.07, 6.45) is 1.39. The highest BCUT2D eigenvalue weighted by molar-refractivity contribution is 7.89. The Labute approximate surface area is 122 Å². The van der Waals surface area contributed by atoms with Gasteiger partial charge in [-0.05, 0) is 29.8 Å². The van der Waals surface area contributed by atoms with Crippen LogP contribution in [-0.4, -0.2) is 19.3 Å². The van der Waals surface area contributed by atoms with Crippen molar-refractivity contribution in [2.24, 2.45) is 5.14 Å². The van der Waals surface area contributed by atoms with E-state index in [-0.39, 0.29) is 23.0 Å². The standard InChI is InChI=1S/C13H14N4O3S/c14-10-4-5-12(16-8-10)13(18)17-7-9-2-1-3-11(6-9)21(15,19)20/h1-6,8H,7,14H2,(H,17,18)(H2,15,19,20). The molecule has 0 bridgehead atoms. The summed E-state index contributed by atoms with van der Waals surface area (Å²) in [6.45, 7) is 0.161. The number of carbonyl (C=O) groups excluding carboxylic acids is 1. The molecule has 0 aliphatic rings. The number of benzene rings is 1. The van der Waals surface area contributed by atoms with Crippen molar-refractivity contribution in [1.29, 1.82) is 0 Å². The van der Waals surface area contributed by atoms with Crippen molar-refractivity contribution in [2.45, 2.75) is 11.4 Å². The molecule has 21 heavy (non-hydrogen) atoms. The van der Waals surface area contributed by atoms with Crippen molar-refractivity contribution in [3.05, 3.63) is 53.9 Å². The molecular weight excluding hydrogens is 292 g/mol. The first-order valence-corrected chi connectivity index (χ1v) is 7.52. The number of nitrogens with zero attached hydrogens (tertiary/aromatic N) is 1. The number of sulfonamides is 1. The molecule has 0 aliphatic carbocycles. The SMILES string of the molecule is Nc1ccc(C(=O)NCc2cccc(S(N)(=O)=O)c2)nc1. The van der Waals surface area contributed by atoms with Gasteiger partial charge in [0.25, 0.3) is 5.91 Å². The zero-order valence-electron chi connectivity index (χ0n) is 11.0. The average molecular weight is 306 g/mol. The lowest BCUT2D eigenvalue weighted by Gasteiger charge is -2.06. The Balaban J connectivity index is 2.06. The minimum Gasteiger partial charge on any atom is -0.397 e. The Morgan fingerprint density at radius 2 is 2.00 bits per heavy atom. The van der Waals surface area contributed by atoms with E-state index in [1.807, 2.05) is 0 Å². The summed E-state index contributed by atoms with van der Waals surface area (Å²) in [5.74, 6) is -0.379. The summed E-state index contributed by atoms with van der Waals surface area (Å²) < 4.78 is 22.5. The molecule has 5 N–H and O–H groups in total. The first kappa shape index (κ1) is 14.9. The van der Waals surface area contributed by atoms with Gasteiger partial charge in [0, 0.05) is 6.54 Å². The third kappa shape index (κ3) is 4.01. The molecule has 2 rings (SSSR count). The van der Waals surface area contributed by atoms with Crippen LogP contribution in [0.5, 0.6) is 0 Å². The van der Waals surface area contributed by atoms with Crippen molar-refractivity contribution >= 4 is 21.6 Å². The number of hydrogen-bond donors (Lipinski definition) is 3. The van der Waals surface area contributed by atoms with Gasteiger partial charge in [-0.15, -0.1) is 0 Å². The van der Waals surface area contributed by atoms with E-state index >= 15 is 0 Å². The van der Waals surface area contributed by atoms with Gasteiger partial charge in [-0.2, -0.15) is 0 Å². The highest BCUT2D eigenvalue weighted by Gasteiger charge is 2.09. The Morgan fingerprint density at radius 3 is 2.62 bits per heavy atom. The van der Waals surface area contributed by atoms with Crippen LogP contribution in [0, 0.1) is 0 Å². The van der Waals surface area contributed by atoms with Gasteiger partial charge >= 0.3 is 0 Å². The molecule has 7 nitrogen and oxygen atoms in total. The monoisotopic (exact) mass is 306 g/mol. The molecule has 1 heterocycles. The molecule has 2 aromatic rings. The van der Waals surface area contributed by atoms with Gasteiger partial charge in [0.1, 0.15) is 5.69 Å². The number of anilines is 1. The summed E-state index contributed by atoms with van der Waals surface area (Å²) in [4.78, 5) is 15.7. The number of carbonyl (C=O) groups is 1. The summed E-state index contributed by atoms with van der Waals surface area (Å²) in [6, 6.07) is 9.12. The van der Waals surface area contributed by atoms with E-state index < -0.39 is 10.0 Å². The fourth-order valence-corrected chi connectivity index (χ4v) is 2.23. The van der Waals surface area contributed by atoms with E-state index in [0.29, 0.717) is 11.3 Å². The van der Waals surface area contributed by atoms with Crippen molar-refractivity contribution in [2.75, 3.05) is 5.73 Å². The number of aromatic nitrogens is 1. The first-order chi connectivity index (χ1) is 9.86. The first-order valence-electron chi connectivity index (χ1n) is 5.98. The molecule has 1 aromatic heterocycles. The molecule has 0 unspecified atom stereocenters. The highest BCUT2D eigenvalue weighted by Crippen LogP contribution is 2.10. The van der Waals surface area contributed by atoms with Gasteiger partial charge in [0.15, 0.2) is 0 Å². The summed E-state index contributed by atoms with van der Waals surface area (Å²) in [7, 11) is -3.76. The molecule has 1 amide bonds. The number of amides is 1. The van der Waals surface area contributed by atoms with Crippen LogP contribution in [0.25, 0.3) is 0 Å². The quantitative estimate of drug-likeness (QED) is 0.745. The van der Waals surface area contributed by atoms with E-state index in [9.17, 15) is 13.2 Å². The molecule has 8 heteroatoms. The maximum Gasteiger partial charge on any atom is 0.270 e. The van der Waals surface area contributed by atoms with Gasteiger partial charge in [0.2, 0.25) is 10.0 Å². The van der Waals surface area contributed by atoms with Crippen LogP contribution in [0.2, 0.25) is 0 Å². The lowest BCUT2D eigenvalue weighted by molar-refractivity contribution is 0.0946. The fourth-order valence-electron chi connectivity index (χ4n) is 1.64. The third-order valence-electron chi connectivity index (χ3n) is 2.70. The zero-order chi connectivity index (χ0) is 15.5. The molecule has 0 atom stereocenters. The van der Waals surface area contributed by atoms with Crippen molar-refractivity contribution in [3.63, 3.8) is 0 Å². The van der Waals surface area contributed by atoms with Crippen LogP contribution in [-0.2, 0) is 16.6 Å². The van der Waals surface area contributed by atoms with E-state index in [1.165, 1.54) is 24.4 Å². The minimum atomic E-state index is -3.76. The van der Waals surface area contributed by atoms with Gasteiger partial charge in [0.05, 0.1) is 16.8 Å². The molecule has 0 radical (unpaired) electrons. The minimum absolute atomic E-state index is 0.000131. The molecule has 0 spiro atoms. The molecule has 0 saturated carbocycles. The Kier molecular flexibility index (Phi) is 4.20. The largest absolute Gasteiger partial charge is 0.397 e. The lowest BCUT2D eigenvalue weighted by Crippen LogP contribution is -2.24. The normalized spacial score (nSPS) is 11.1. The number of nitrogens with two attached hydrogens (primary N) is 2. The second-order valence-electron chi connectivity index (χ2n) is 4.35. The summed E-state index contributed by atoms with van der Waals surface area (Å²) in [5.41, 5.74) is 6.80. The molecule has 0 aliphatic heterocycles. The second-order valence-corrected chi connectivity index (χ2v) is 5.91. The number of nitrogen functional groups attached to an aromatic ring is 1. The van der Waals surface area contributed by atoms with Crippen molar-refractivity contribution < 1.29 is 13.2 Å². The fraction of sp³-hybridized carbons (Fsp3) is 0.0769. The molecule has 0 saturated heterocycles. The summed E-state index contributed by atoms with van der Waals surface area (Å²) >= 11 is 0. The predicted octanol–water partition coefficient (Wildman–Crippen LogP) is 0.241. The van der Waals surface area contributed by atoms with Crippen LogP contribution in [0.4, 0.5) is 5.69 Å². The average Bonchev–Trinajstić information content (AvgIpc) is 2.45. The topological polar surface area (TPSA) is 128 Å². The van der Waals surface area contributed by atoms with Crippen LogP contribution >= 0.6 is 0 Å². The lowest BCUT2D eigenvalue weighted by atomic mass is 10.2. The maximum atomic E-state index is 11.9. The predicted molar refractivity (Wildman–Crippen MR) is 77.6 cm³/mol. The Bertz CT molecular complexity index is 757. The van der Waals surface area contributed by atoms with Crippen LogP contribution in [0.15, 0.2) is 47.5 Å². The Morgan fingerprint density at radius 1 is 1.24 bits per heavy atom. The molecule has 110 valence electrons. The zero-order valence-corrected chi connectivity index (χ0v) is 11.8. The van der Waals surface area contributed by atoms with Crippen molar-refractivity contribution in [3.8, 4) is 0 Å². The maximum absolute atomic E-state index is 11.9. The number of rotatable bonds is 4. The highest BCUT2D eigenvalue weighted by atomic mass is 32.2. The van der Waals surface area contributed by atoms with Crippen molar-refractivity contribution in [1.82, 2.24) is 10.3 Å². The van der Waals surface area contributed by atoms with Gasteiger partial charge in [-0.1, -0.05) is 12.1 Å². The van der Waals surface area contributed by atoms with Crippen LogP contribution in [0.3, 0.4) is 0 Å². The molecular formula is C13H14N4O3S. The van der Waals surface area contributed by atoms with Crippen LogP contribution in [0.1, 0.15) is 16.1 Å². The number of primary sulfonamides is 1. The number of nitrogens with one attached hydrogen (secondary N) is 1. The van der Waals surface area contributed by atoms with Gasteiger partial charge < -0.3 is 11.1 Å². The summed E-state index contributed by atoms with van der Waals surface area (Å²) in [5, 5.41) is 7.69. The molecule has 0 fully saturated rings. The van der Waals surface area contributed by atoms with Gasteiger partial charge in [-0.3, -0.25) is 4.79 Å². The number of hydrogen-bond acceptors (Lipinski definition) is 5. The van der Waals surface area contributed by atoms with E-state index in [4.69, 9.17) is 10.9 Å². The van der Waals surface area contributed by atoms with E-state index in [1.54, 1.807) is 18.2 Å². The smallest absolute Gasteiger partial charge is 0.270 e. The molecule has 1 aromatic carbocycles. The van der Waals surface area contributed by atoms with E-state index in [0.717, 1.165) is 0 Å². The number of pyridine rings is 1. The van der Waals surface area contributed by atoms with Crippen LogP contribution < -0.4 is 16.2 Å². The second kappa shape index (κ2) is 5.90. The van der Waals surface area contributed by atoms with E-state index in [2.05, 4.69) is 10.3 Å². The Hall–Kier alpha value is -2.45. The van der Waals surface area contributed by atoms with Gasteiger partial charge in [-0.25, -0.2) is 18.5 Å². The third-order valence-corrected chi connectivity index (χ3v) is 3.61.